The van der Waals surface area contributed by atoms with Crippen molar-refractivity contribution in [1.82, 2.24) is 10.3 Å². The van der Waals surface area contributed by atoms with Crippen LogP contribution in [0.2, 0.25) is 0 Å². The molecule has 0 saturated carbocycles. The van der Waals surface area contributed by atoms with Crippen LogP contribution in [-0.2, 0) is 6.54 Å². The number of phenols is 1. The number of nitrogens with zero attached hydrogens (tertiary/aromatic N) is 2. The first kappa shape index (κ1) is 19.5. The van der Waals surface area contributed by atoms with E-state index >= 15 is 0 Å². The summed E-state index contributed by atoms with van der Waals surface area (Å²) in [5.74, 6) is -0.0362. The molecular weight excluding hydrogens is 328 g/mol. The summed E-state index contributed by atoms with van der Waals surface area (Å²) in [7, 11) is 0. The number of nitrogens with two attached hydrogens (primary N) is 1. The molecule has 0 fully saturated rings. The first-order valence-corrected chi connectivity index (χ1v) is 8.69. The molecule has 0 aliphatic heterocycles. The fraction of sp³-hybridized carbons (Fsp3) is 0.300. The lowest BCUT2D eigenvalue weighted by Gasteiger charge is -2.19. The number of benzene rings is 2. The molecule has 0 bridgehead atoms. The van der Waals surface area contributed by atoms with Gasteiger partial charge >= 0.3 is 0 Å². The maximum absolute atomic E-state index is 12.1. The number of carbonyl (C=O) groups is 1. The Hall–Kier alpha value is -2.86. The van der Waals surface area contributed by atoms with Crippen LogP contribution in [0, 0.1) is 0 Å². The minimum absolute atomic E-state index is 0.263. The molecule has 2 rings (SSSR count). The van der Waals surface area contributed by atoms with Gasteiger partial charge in [-0.1, -0.05) is 13.8 Å². The van der Waals surface area contributed by atoms with Crippen LogP contribution in [-0.4, -0.2) is 34.7 Å². The van der Waals surface area contributed by atoms with Crippen molar-refractivity contribution in [2.75, 3.05) is 18.8 Å². The summed E-state index contributed by atoms with van der Waals surface area (Å²) < 4.78 is 0. The fourth-order valence-corrected chi connectivity index (χ4v) is 2.52. The van der Waals surface area contributed by atoms with Crippen molar-refractivity contribution in [2.45, 2.75) is 27.3 Å². The van der Waals surface area contributed by atoms with E-state index in [9.17, 15) is 9.90 Å². The quantitative estimate of drug-likeness (QED) is 0.405. The van der Waals surface area contributed by atoms with Crippen LogP contribution in [0.1, 0.15) is 42.3 Å². The summed E-state index contributed by atoms with van der Waals surface area (Å²) in [6, 6.07) is 12.0. The molecular formula is C20H26N4O2. The van der Waals surface area contributed by atoms with Gasteiger partial charge < -0.3 is 10.8 Å². The van der Waals surface area contributed by atoms with Crippen molar-refractivity contribution in [3.63, 3.8) is 0 Å². The molecule has 0 radical (unpaired) electrons. The molecule has 6 heteroatoms. The molecule has 1 amide bonds. The standard InChI is InChI=1S/C20H26N4O2/c1-4-24(5-2)13-17-12-16(8-11-19(17)25)14(3)22-23-20(26)15-6-9-18(21)10-7-15/h6-12,25H,4-5,13,21H2,1-3H3,(H,23,26)/b22-14+. The number of amides is 1. The zero-order valence-corrected chi connectivity index (χ0v) is 15.5. The van der Waals surface area contributed by atoms with Crippen LogP contribution < -0.4 is 11.2 Å². The number of nitrogens with one attached hydrogen (secondary N) is 1. The summed E-state index contributed by atoms with van der Waals surface area (Å²) in [6.45, 7) is 8.47. The minimum atomic E-state index is -0.300. The van der Waals surface area contributed by atoms with Crippen LogP contribution in [0.4, 0.5) is 5.69 Å². The van der Waals surface area contributed by atoms with Crippen LogP contribution in [0.5, 0.6) is 5.75 Å². The largest absolute Gasteiger partial charge is 0.508 e. The monoisotopic (exact) mass is 354 g/mol. The number of hydrogen-bond donors (Lipinski definition) is 3. The van der Waals surface area contributed by atoms with Crippen LogP contribution in [0.15, 0.2) is 47.6 Å². The van der Waals surface area contributed by atoms with E-state index in [1.807, 2.05) is 13.0 Å². The van der Waals surface area contributed by atoms with E-state index in [0.717, 1.165) is 24.2 Å². The summed E-state index contributed by atoms with van der Waals surface area (Å²) in [4.78, 5) is 14.3. The lowest BCUT2D eigenvalue weighted by Crippen LogP contribution is -2.22. The third-order valence-corrected chi connectivity index (χ3v) is 4.28. The Bertz CT molecular complexity index is 781. The Balaban J connectivity index is 2.12. The molecule has 0 spiro atoms. The Morgan fingerprint density at radius 3 is 2.35 bits per heavy atom. The van der Waals surface area contributed by atoms with Crippen molar-refractivity contribution in [2.24, 2.45) is 5.10 Å². The maximum atomic E-state index is 12.1. The Kier molecular flexibility index (Phi) is 6.74. The van der Waals surface area contributed by atoms with Crippen molar-refractivity contribution in [3.8, 4) is 5.75 Å². The molecule has 0 aliphatic carbocycles. The fourth-order valence-electron chi connectivity index (χ4n) is 2.52. The molecule has 4 N–H and O–H groups in total. The van der Waals surface area contributed by atoms with Crippen molar-refractivity contribution in [1.29, 1.82) is 0 Å². The van der Waals surface area contributed by atoms with E-state index in [1.54, 1.807) is 36.4 Å². The minimum Gasteiger partial charge on any atom is -0.508 e. The molecule has 0 aliphatic rings. The van der Waals surface area contributed by atoms with E-state index in [-0.39, 0.29) is 11.7 Å². The van der Waals surface area contributed by atoms with E-state index in [2.05, 4.69) is 29.3 Å². The lowest BCUT2D eigenvalue weighted by atomic mass is 10.1. The first-order chi connectivity index (χ1) is 12.4. The van der Waals surface area contributed by atoms with E-state index < -0.39 is 0 Å². The third kappa shape index (κ3) is 5.07. The Morgan fingerprint density at radius 1 is 1.12 bits per heavy atom. The van der Waals surface area contributed by atoms with Gasteiger partial charge in [0.15, 0.2) is 0 Å². The highest BCUT2D eigenvalue weighted by Crippen LogP contribution is 2.21. The topological polar surface area (TPSA) is 91.0 Å². The number of nitrogen functional groups attached to an aromatic ring is 1. The maximum Gasteiger partial charge on any atom is 0.271 e. The summed E-state index contributed by atoms with van der Waals surface area (Å²) >= 11 is 0. The number of anilines is 1. The van der Waals surface area contributed by atoms with Crippen LogP contribution in [0.25, 0.3) is 0 Å². The lowest BCUT2D eigenvalue weighted by molar-refractivity contribution is 0.0955. The second-order valence-electron chi connectivity index (χ2n) is 6.07. The average Bonchev–Trinajstić information content (AvgIpc) is 2.65. The predicted molar refractivity (Wildman–Crippen MR) is 105 cm³/mol. The zero-order chi connectivity index (χ0) is 19.1. The molecule has 0 atom stereocenters. The van der Waals surface area contributed by atoms with Crippen molar-refractivity contribution >= 4 is 17.3 Å². The van der Waals surface area contributed by atoms with Gasteiger partial charge in [-0.3, -0.25) is 9.69 Å². The van der Waals surface area contributed by atoms with Crippen molar-refractivity contribution < 1.29 is 9.90 Å². The summed E-state index contributed by atoms with van der Waals surface area (Å²) in [5, 5.41) is 14.3. The molecule has 0 saturated heterocycles. The molecule has 0 aromatic heterocycles. The second-order valence-corrected chi connectivity index (χ2v) is 6.07. The van der Waals surface area contributed by atoms with Crippen molar-refractivity contribution in [3.05, 3.63) is 59.2 Å². The molecule has 2 aromatic carbocycles. The van der Waals surface area contributed by atoms with E-state index in [0.29, 0.717) is 23.5 Å². The van der Waals surface area contributed by atoms with Gasteiger partial charge in [-0.2, -0.15) is 5.10 Å². The molecule has 26 heavy (non-hydrogen) atoms. The second kappa shape index (κ2) is 9.01. The summed E-state index contributed by atoms with van der Waals surface area (Å²) in [5.41, 5.74) is 11.6. The first-order valence-electron chi connectivity index (χ1n) is 8.69. The van der Waals surface area contributed by atoms with E-state index in [1.165, 1.54) is 0 Å². The van der Waals surface area contributed by atoms with Gasteiger partial charge in [0.05, 0.1) is 5.71 Å². The van der Waals surface area contributed by atoms with Gasteiger partial charge in [-0.15, -0.1) is 0 Å². The van der Waals surface area contributed by atoms with Crippen LogP contribution in [0.3, 0.4) is 0 Å². The average molecular weight is 354 g/mol. The highest BCUT2D eigenvalue weighted by atomic mass is 16.3. The van der Waals surface area contributed by atoms with Gasteiger partial charge in [-0.25, -0.2) is 5.43 Å². The molecule has 6 nitrogen and oxygen atoms in total. The normalized spacial score (nSPS) is 11.6. The highest BCUT2D eigenvalue weighted by Gasteiger charge is 2.09. The molecule has 0 heterocycles. The number of aromatic hydroxyl groups is 1. The third-order valence-electron chi connectivity index (χ3n) is 4.28. The van der Waals surface area contributed by atoms with Gasteiger partial charge in [-0.05, 0) is 68.0 Å². The van der Waals surface area contributed by atoms with E-state index in [4.69, 9.17) is 5.73 Å². The van der Waals surface area contributed by atoms with Gasteiger partial charge in [0.2, 0.25) is 0 Å². The van der Waals surface area contributed by atoms with Gasteiger partial charge in [0.1, 0.15) is 5.75 Å². The van der Waals surface area contributed by atoms with Crippen LogP contribution >= 0.6 is 0 Å². The smallest absolute Gasteiger partial charge is 0.271 e. The molecule has 2 aromatic rings. The SMILES string of the molecule is CCN(CC)Cc1cc(/C(C)=N/NC(=O)c2ccc(N)cc2)ccc1O. The Labute approximate surface area is 154 Å². The summed E-state index contributed by atoms with van der Waals surface area (Å²) in [6.07, 6.45) is 0. The Morgan fingerprint density at radius 2 is 1.73 bits per heavy atom. The molecule has 0 unspecified atom stereocenters. The highest BCUT2D eigenvalue weighted by molar-refractivity contribution is 6.01. The van der Waals surface area contributed by atoms with Gasteiger partial charge in [0.25, 0.3) is 5.91 Å². The predicted octanol–water partition coefficient (Wildman–Crippen LogP) is 2.97. The number of phenolic OH excluding ortho intramolecular Hbond substituents is 1. The zero-order valence-electron chi connectivity index (χ0n) is 15.5. The number of hydrazone groups is 1. The van der Waals surface area contributed by atoms with Gasteiger partial charge in [0, 0.05) is 23.4 Å². The number of rotatable bonds is 7. The number of carbonyl (C=O) groups excluding carboxylic acids is 1. The molecule has 138 valence electrons. The number of hydrogen-bond acceptors (Lipinski definition) is 5.